The summed E-state index contributed by atoms with van der Waals surface area (Å²) in [7, 11) is 0. The molecule has 1 aliphatic rings. The Hall–Kier alpha value is -3.50. The minimum absolute atomic E-state index is 0.182. The molecule has 0 radical (unpaired) electrons. The number of nitrogens with zero attached hydrogens (tertiary/aromatic N) is 2. The Balaban J connectivity index is 1.38. The van der Waals surface area contributed by atoms with Gasteiger partial charge >= 0.3 is 0 Å². The van der Waals surface area contributed by atoms with Crippen molar-refractivity contribution in [1.29, 1.82) is 0 Å². The Bertz CT molecular complexity index is 1370. The summed E-state index contributed by atoms with van der Waals surface area (Å²) in [6.07, 6.45) is 0.819. The molecule has 0 fully saturated rings. The molecule has 8 nitrogen and oxygen atoms in total. The molecule has 2 amide bonds. The van der Waals surface area contributed by atoms with E-state index in [0.717, 1.165) is 10.4 Å². The summed E-state index contributed by atoms with van der Waals surface area (Å²) in [5.74, 6) is -0.0960. The topological polar surface area (TPSA) is 102 Å². The van der Waals surface area contributed by atoms with E-state index in [4.69, 9.17) is 4.74 Å². The van der Waals surface area contributed by atoms with Gasteiger partial charge in [-0.3, -0.25) is 19.0 Å². The number of hydrogen-bond acceptors (Lipinski definition) is 7. The Labute approximate surface area is 184 Å². The third-order valence-electron chi connectivity index (χ3n) is 4.86. The van der Waals surface area contributed by atoms with Crippen LogP contribution in [0, 0.1) is 0 Å². The summed E-state index contributed by atoms with van der Waals surface area (Å²) in [5, 5.41) is 9.88. The number of hydrogen-bond donors (Lipinski definition) is 2. The number of thiophene rings is 2. The van der Waals surface area contributed by atoms with Gasteiger partial charge < -0.3 is 15.4 Å². The number of aromatic nitrogens is 2. The largest absolute Gasteiger partial charge is 0.479 e. The number of fused-ring (bicyclic) bond motifs is 2. The number of ether oxygens (including phenoxy) is 1. The van der Waals surface area contributed by atoms with E-state index in [2.05, 4.69) is 15.6 Å². The van der Waals surface area contributed by atoms with Crippen LogP contribution >= 0.6 is 22.7 Å². The molecule has 156 valence electrons. The summed E-state index contributed by atoms with van der Waals surface area (Å²) in [4.78, 5) is 43.4. The average molecular weight is 453 g/mol. The molecule has 1 aromatic carbocycles. The van der Waals surface area contributed by atoms with E-state index in [1.807, 2.05) is 22.9 Å². The van der Waals surface area contributed by atoms with Crippen LogP contribution in [0.5, 0.6) is 5.75 Å². The second kappa shape index (κ2) is 7.64. The van der Waals surface area contributed by atoms with Crippen molar-refractivity contribution in [3.05, 3.63) is 57.8 Å². The number of nitrogens with one attached hydrogen (secondary N) is 2. The summed E-state index contributed by atoms with van der Waals surface area (Å²) in [6.45, 7) is 1.48. The molecule has 1 aliphatic heterocycles. The van der Waals surface area contributed by atoms with Crippen molar-refractivity contribution in [3.63, 3.8) is 0 Å². The van der Waals surface area contributed by atoms with E-state index in [9.17, 15) is 14.4 Å². The van der Waals surface area contributed by atoms with Gasteiger partial charge in [-0.1, -0.05) is 6.07 Å². The molecule has 0 spiro atoms. The van der Waals surface area contributed by atoms with Gasteiger partial charge in [-0.25, -0.2) is 4.98 Å². The second-order valence-electron chi connectivity index (χ2n) is 6.99. The highest BCUT2D eigenvalue weighted by atomic mass is 32.1. The van der Waals surface area contributed by atoms with E-state index in [1.165, 1.54) is 22.2 Å². The van der Waals surface area contributed by atoms with Crippen molar-refractivity contribution in [3.8, 4) is 16.2 Å². The SMILES string of the molecule is C[C@@H]1Oc2ccc(NC(=O)Cn3cnc4scc(-c5cccs5)c4c3=O)cc2NC1=O. The van der Waals surface area contributed by atoms with Crippen LogP contribution in [0.15, 0.2) is 52.2 Å². The van der Waals surface area contributed by atoms with Gasteiger partial charge in [0.2, 0.25) is 5.91 Å². The van der Waals surface area contributed by atoms with E-state index in [0.29, 0.717) is 27.3 Å². The van der Waals surface area contributed by atoms with Gasteiger partial charge in [-0.15, -0.1) is 22.7 Å². The first kappa shape index (κ1) is 19.5. The number of carbonyl (C=O) groups excluding carboxylic acids is 2. The molecule has 0 saturated carbocycles. The van der Waals surface area contributed by atoms with Crippen LogP contribution < -0.4 is 20.9 Å². The zero-order chi connectivity index (χ0) is 21.5. The smallest absolute Gasteiger partial charge is 0.265 e. The molecule has 0 saturated heterocycles. The maximum atomic E-state index is 13.0. The van der Waals surface area contributed by atoms with Crippen LogP contribution in [-0.4, -0.2) is 27.5 Å². The molecule has 2 N–H and O–H groups in total. The highest BCUT2D eigenvalue weighted by molar-refractivity contribution is 7.18. The van der Waals surface area contributed by atoms with Crippen LogP contribution in [-0.2, 0) is 16.1 Å². The zero-order valence-electron chi connectivity index (χ0n) is 16.2. The lowest BCUT2D eigenvalue weighted by Crippen LogP contribution is -2.34. The fourth-order valence-electron chi connectivity index (χ4n) is 3.34. The Morgan fingerprint density at radius 1 is 1.29 bits per heavy atom. The second-order valence-corrected chi connectivity index (χ2v) is 8.80. The molecule has 0 unspecified atom stereocenters. The standard InChI is InChI=1S/C21H16N4O4S2/c1-11-19(27)24-14-7-12(4-5-15(14)29-11)23-17(26)8-25-10-22-20-18(21(25)28)13(9-31-20)16-3-2-6-30-16/h2-7,9-11H,8H2,1H3,(H,23,26)(H,24,27)/t11-/m0/s1. The predicted molar refractivity (Wildman–Crippen MR) is 121 cm³/mol. The first-order valence-electron chi connectivity index (χ1n) is 9.41. The lowest BCUT2D eigenvalue weighted by atomic mass is 10.2. The van der Waals surface area contributed by atoms with Gasteiger partial charge in [0.05, 0.1) is 17.4 Å². The number of anilines is 2. The number of amides is 2. The van der Waals surface area contributed by atoms with Crippen LogP contribution in [0.25, 0.3) is 20.7 Å². The fraction of sp³-hybridized carbons (Fsp3) is 0.143. The summed E-state index contributed by atoms with van der Waals surface area (Å²) in [5.41, 5.74) is 1.55. The van der Waals surface area contributed by atoms with E-state index >= 15 is 0 Å². The lowest BCUT2D eigenvalue weighted by molar-refractivity contribution is -0.122. The molecule has 0 aliphatic carbocycles. The molecule has 0 bridgehead atoms. The molecule has 1 atom stereocenters. The third kappa shape index (κ3) is 3.60. The Morgan fingerprint density at radius 3 is 2.97 bits per heavy atom. The maximum absolute atomic E-state index is 13.0. The molecule has 4 aromatic rings. The molecular formula is C21H16N4O4S2. The van der Waals surface area contributed by atoms with Crippen LogP contribution in [0.4, 0.5) is 11.4 Å². The minimum Gasteiger partial charge on any atom is -0.479 e. The normalized spacial score (nSPS) is 15.3. The van der Waals surface area contributed by atoms with Crippen LogP contribution in [0.2, 0.25) is 0 Å². The van der Waals surface area contributed by atoms with Gasteiger partial charge in [0.1, 0.15) is 17.1 Å². The van der Waals surface area contributed by atoms with Crippen molar-refractivity contribution in [1.82, 2.24) is 9.55 Å². The van der Waals surface area contributed by atoms with Crippen molar-refractivity contribution < 1.29 is 14.3 Å². The van der Waals surface area contributed by atoms with Crippen molar-refractivity contribution >= 4 is 56.1 Å². The van der Waals surface area contributed by atoms with E-state index < -0.39 is 6.10 Å². The van der Waals surface area contributed by atoms with E-state index in [1.54, 1.807) is 36.5 Å². The molecular weight excluding hydrogens is 436 g/mol. The van der Waals surface area contributed by atoms with Crippen LogP contribution in [0.1, 0.15) is 6.92 Å². The highest BCUT2D eigenvalue weighted by Crippen LogP contribution is 2.34. The fourth-order valence-corrected chi connectivity index (χ4v) is 5.06. The average Bonchev–Trinajstić information content (AvgIpc) is 3.41. The molecule has 31 heavy (non-hydrogen) atoms. The molecule has 10 heteroatoms. The maximum Gasteiger partial charge on any atom is 0.265 e. The molecule has 4 heterocycles. The Morgan fingerprint density at radius 2 is 2.16 bits per heavy atom. The van der Waals surface area contributed by atoms with Gasteiger partial charge in [-0.2, -0.15) is 0 Å². The first-order valence-corrected chi connectivity index (χ1v) is 11.2. The highest BCUT2D eigenvalue weighted by Gasteiger charge is 2.23. The van der Waals surface area contributed by atoms with Gasteiger partial charge in [-0.05, 0) is 36.6 Å². The van der Waals surface area contributed by atoms with Gasteiger partial charge in [0.15, 0.2) is 6.10 Å². The summed E-state index contributed by atoms with van der Waals surface area (Å²) < 4.78 is 6.81. The van der Waals surface area contributed by atoms with Gasteiger partial charge in [0, 0.05) is 21.5 Å². The quantitative estimate of drug-likeness (QED) is 0.493. The van der Waals surface area contributed by atoms with Gasteiger partial charge in [0.25, 0.3) is 11.5 Å². The van der Waals surface area contributed by atoms with Crippen molar-refractivity contribution in [2.75, 3.05) is 10.6 Å². The molecule has 5 rings (SSSR count). The Kier molecular flexibility index (Phi) is 4.79. The lowest BCUT2D eigenvalue weighted by Gasteiger charge is -2.23. The van der Waals surface area contributed by atoms with Crippen LogP contribution in [0.3, 0.4) is 0 Å². The number of benzene rings is 1. The number of rotatable bonds is 4. The van der Waals surface area contributed by atoms with Crippen molar-refractivity contribution in [2.24, 2.45) is 0 Å². The summed E-state index contributed by atoms with van der Waals surface area (Å²) >= 11 is 2.95. The predicted octanol–water partition coefficient (Wildman–Crippen LogP) is 3.54. The minimum atomic E-state index is -0.571. The van der Waals surface area contributed by atoms with Crippen molar-refractivity contribution in [2.45, 2.75) is 19.6 Å². The first-order chi connectivity index (χ1) is 15.0. The number of carbonyl (C=O) groups is 2. The zero-order valence-corrected chi connectivity index (χ0v) is 17.9. The van der Waals surface area contributed by atoms with E-state index in [-0.39, 0.29) is 23.9 Å². The third-order valence-corrected chi connectivity index (χ3v) is 6.64. The summed E-state index contributed by atoms with van der Waals surface area (Å²) in [6, 6.07) is 8.86. The molecule has 3 aromatic heterocycles. The monoisotopic (exact) mass is 452 g/mol.